The predicted octanol–water partition coefficient (Wildman–Crippen LogP) is 3.15. The van der Waals surface area contributed by atoms with E-state index in [-0.39, 0.29) is 12.4 Å². The van der Waals surface area contributed by atoms with E-state index >= 15 is 0 Å². The predicted molar refractivity (Wildman–Crippen MR) is 60.1 cm³/mol. The van der Waals surface area contributed by atoms with Crippen LogP contribution in [-0.2, 0) is 0 Å². The van der Waals surface area contributed by atoms with Gasteiger partial charge in [-0.1, -0.05) is 11.8 Å². The molecule has 0 amide bonds. The standard InChI is InChI=1S/C12H11ClF2O/c13-6-2-1-3-10-4-5-11(15)9-12(10)16-8-7-14/h4-5,9H,2,6-8H2. The fraction of sp³-hybridized carbons (Fsp3) is 0.333. The molecule has 0 aromatic heterocycles. The molecule has 0 aliphatic carbocycles. The van der Waals surface area contributed by atoms with E-state index in [1.165, 1.54) is 18.2 Å². The lowest BCUT2D eigenvalue weighted by Gasteiger charge is -2.05. The van der Waals surface area contributed by atoms with Crippen molar-refractivity contribution in [1.29, 1.82) is 0 Å². The molecule has 0 saturated carbocycles. The minimum Gasteiger partial charge on any atom is -0.489 e. The maximum Gasteiger partial charge on any atom is 0.137 e. The second-order valence-electron chi connectivity index (χ2n) is 2.92. The molecule has 0 aliphatic rings. The summed E-state index contributed by atoms with van der Waals surface area (Å²) in [6.45, 7) is -0.724. The van der Waals surface area contributed by atoms with Crippen molar-refractivity contribution in [3.63, 3.8) is 0 Å². The molecule has 0 aliphatic heterocycles. The Kier molecular flexibility index (Phi) is 5.66. The number of alkyl halides is 2. The van der Waals surface area contributed by atoms with Crippen molar-refractivity contribution in [2.45, 2.75) is 6.42 Å². The summed E-state index contributed by atoms with van der Waals surface area (Å²) >= 11 is 5.47. The van der Waals surface area contributed by atoms with Crippen molar-refractivity contribution >= 4 is 11.6 Å². The highest BCUT2D eigenvalue weighted by molar-refractivity contribution is 6.18. The molecule has 4 heteroatoms. The molecule has 0 fully saturated rings. The number of benzene rings is 1. The highest BCUT2D eigenvalue weighted by Crippen LogP contribution is 2.19. The van der Waals surface area contributed by atoms with Crippen LogP contribution in [0.15, 0.2) is 18.2 Å². The normalized spacial score (nSPS) is 9.44. The highest BCUT2D eigenvalue weighted by Gasteiger charge is 2.03. The van der Waals surface area contributed by atoms with Crippen LogP contribution < -0.4 is 4.74 Å². The van der Waals surface area contributed by atoms with Gasteiger partial charge in [-0.3, -0.25) is 0 Å². The van der Waals surface area contributed by atoms with Gasteiger partial charge in [0.2, 0.25) is 0 Å². The number of halogens is 3. The second kappa shape index (κ2) is 7.08. The summed E-state index contributed by atoms with van der Waals surface area (Å²) in [6, 6.07) is 3.98. The molecule has 0 N–H and O–H groups in total. The van der Waals surface area contributed by atoms with Crippen LogP contribution in [0.25, 0.3) is 0 Å². The van der Waals surface area contributed by atoms with Gasteiger partial charge in [0.1, 0.15) is 24.8 Å². The summed E-state index contributed by atoms with van der Waals surface area (Å²) in [5.41, 5.74) is 0.542. The third kappa shape index (κ3) is 4.08. The number of rotatable bonds is 4. The lowest BCUT2D eigenvalue weighted by molar-refractivity contribution is 0.271. The Hall–Kier alpha value is -1.27. The van der Waals surface area contributed by atoms with Crippen molar-refractivity contribution < 1.29 is 13.5 Å². The van der Waals surface area contributed by atoms with Gasteiger partial charge < -0.3 is 4.74 Å². The Morgan fingerprint density at radius 2 is 2.19 bits per heavy atom. The van der Waals surface area contributed by atoms with Crippen LogP contribution >= 0.6 is 11.6 Å². The van der Waals surface area contributed by atoms with Gasteiger partial charge >= 0.3 is 0 Å². The zero-order valence-corrected chi connectivity index (χ0v) is 9.36. The molecule has 0 atom stereocenters. The van der Waals surface area contributed by atoms with Crippen molar-refractivity contribution in [2.75, 3.05) is 19.2 Å². The van der Waals surface area contributed by atoms with Crippen LogP contribution in [0.4, 0.5) is 8.78 Å². The van der Waals surface area contributed by atoms with Gasteiger partial charge in [-0.2, -0.15) is 0 Å². The van der Waals surface area contributed by atoms with Crippen LogP contribution in [0.2, 0.25) is 0 Å². The largest absolute Gasteiger partial charge is 0.489 e. The Balaban J connectivity index is 2.85. The Morgan fingerprint density at radius 3 is 2.88 bits per heavy atom. The van der Waals surface area contributed by atoms with Crippen molar-refractivity contribution in [2.24, 2.45) is 0 Å². The fourth-order valence-corrected chi connectivity index (χ4v) is 1.17. The molecule has 0 spiro atoms. The number of hydrogen-bond acceptors (Lipinski definition) is 1. The van der Waals surface area contributed by atoms with E-state index < -0.39 is 12.5 Å². The molecule has 1 aromatic carbocycles. The van der Waals surface area contributed by atoms with Crippen LogP contribution in [0.3, 0.4) is 0 Å². The number of hydrogen-bond donors (Lipinski definition) is 0. The smallest absolute Gasteiger partial charge is 0.137 e. The highest BCUT2D eigenvalue weighted by atomic mass is 35.5. The molecule has 1 aromatic rings. The Bertz CT molecular complexity index is 396. The Morgan fingerprint density at radius 1 is 1.38 bits per heavy atom. The average Bonchev–Trinajstić information content (AvgIpc) is 2.29. The average molecular weight is 245 g/mol. The molecule has 86 valence electrons. The van der Waals surface area contributed by atoms with E-state index in [2.05, 4.69) is 11.8 Å². The van der Waals surface area contributed by atoms with Crippen molar-refractivity contribution in [1.82, 2.24) is 0 Å². The van der Waals surface area contributed by atoms with Crippen LogP contribution in [0.5, 0.6) is 5.75 Å². The summed E-state index contributed by atoms with van der Waals surface area (Å²) in [5.74, 6) is 5.88. The van der Waals surface area contributed by atoms with Crippen molar-refractivity contribution in [3.05, 3.63) is 29.6 Å². The summed E-state index contributed by atoms with van der Waals surface area (Å²) in [7, 11) is 0. The SMILES string of the molecule is FCCOc1cc(F)ccc1C#CCCCl. The molecule has 16 heavy (non-hydrogen) atoms. The summed E-state index contributed by atoms with van der Waals surface area (Å²) < 4.78 is 29.9. The quantitative estimate of drug-likeness (QED) is 0.584. The maximum absolute atomic E-state index is 12.9. The summed E-state index contributed by atoms with van der Waals surface area (Å²) in [4.78, 5) is 0. The van der Waals surface area contributed by atoms with E-state index in [9.17, 15) is 8.78 Å². The first kappa shape index (κ1) is 12.8. The second-order valence-corrected chi connectivity index (χ2v) is 3.30. The lowest BCUT2D eigenvalue weighted by Crippen LogP contribution is -2.00. The van der Waals surface area contributed by atoms with Crippen LogP contribution in [0.1, 0.15) is 12.0 Å². The molecule has 0 heterocycles. The molecular weight excluding hydrogens is 234 g/mol. The zero-order chi connectivity index (χ0) is 11.8. The fourth-order valence-electron chi connectivity index (χ4n) is 1.07. The molecule has 1 rings (SSSR count). The first-order valence-corrected chi connectivity index (χ1v) is 5.34. The molecule has 0 radical (unpaired) electrons. The van der Waals surface area contributed by atoms with E-state index in [1.807, 2.05) is 0 Å². The van der Waals surface area contributed by atoms with Gasteiger partial charge in [-0.25, -0.2) is 8.78 Å². The van der Waals surface area contributed by atoms with Gasteiger partial charge in [0.05, 0.1) is 5.56 Å². The molecule has 0 unspecified atom stereocenters. The van der Waals surface area contributed by atoms with Crippen molar-refractivity contribution in [3.8, 4) is 17.6 Å². The maximum atomic E-state index is 12.9. The van der Waals surface area contributed by atoms with Crippen LogP contribution in [0, 0.1) is 17.7 Å². The molecule has 1 nitrogen and oxygen atoms in total. The number of ether oxygens (including phenoxy) is 1. The van der Waals surface area contributed by atoms with Gasteiger partial charge in [-0.05, 0) is 12.1 Å². The topological polar surface area (TPSA) is 9.23 Å². The van der Waals surface area contributed by atoms with E-state index in [1.54, 1.807) is 0 Å². The first-order valence-electron chi connectivity index (χ1n) is 4.81. The zero-order valence-electron chi connectivity index (χ0n) is 8.60. The third-order valence-corrected chi connectivity index (χ3v) is 1.91. The molecular formula is C12H11ClF2O. The van der Waals surface area contributed by atoms with Gasteiger partial charge in [0, 0.05) is 18.4 Å². The summed E-state index contributed by atoms with van der Waals surface area (Å²) in [6.07, 6.45) is 0.543. The minimum atomic E-state index is -0.620. The molecule has 0 saturated heterocycles. The van der Waals surface area contributed by atoms with Crippen LogP contribution in [-0.4, -0.2) is 19.2 Å². The summed E-state index contributed by atoms with van der Waals surface area (Å²) in [5, 5.41) is 0. The van der Waals surface area contributed by atoms with Gasteiger partial charge in [0.15, 0.2) is 0 Å². The third-order valence-electron chi connectivity index (χ3n) is 1.72. The lowest BCUT2D eigenvalue weighted by atomic mass is 10.2. The first-order chi connectivity index (χ1) is 7.77. The molecule has 0 bridgehead atoms. The Labute approximate surface area is 98.4 Å². The minimum absolute atomic E-state index is 0.104. The van der Waals surface area contributed by atoms with Gasteiger partial charge in [0.25, 0.3) is 0 Å². The van der Waals surface area contributed by atoms with Gasteiger partial charge in [-0.15, -0.1) is 11.6 Å². The van der Waals surface area contributed by atoms with E-state index in [0.717, 1.165) is 0 Å². The monoisotopic (exact) mass is 244 g/mol. The van der Waals surface area contributed by atoms with E-state index in [4.69, 9.17) is 16.3 Å². The van der Waals surface area contributed by atoms with E-state index in [0.29, 0.717) is 17.9 Å².